The molecule has 9 rings (SSSR count). The fraction of sp³-hybridized carbons (Fsp3) is 0.0750. The number of fused-ring (bicyclic) bond motifs is 11. The Kier molecular flexibility index (Phi) is 4.70. The van der Waals surface area contributed by atoms with Gasteiger partial charge < -0.3 is 4.42 Å². The molecule has 0 aliphatic heterocycles. The van der Waals surface area contributed by atoms with Gasteiger partial charge >= 0.3 is 0 Å². The van der Waals surface area contributed by atoms with Crippen molar-refractivity contribution >= 4 is 43.6 Å². The van der Waals surface area contributed by atoms with Crippen LogP contribution in [-0.2, 0) is 5.41 Å². The molecule has 198 valence electrons. The van der Waals surface area contributed by atoms with Crippen molar-refractivity contribution in [2.24, 2.45) is 0 Å². The van der Waals surface area contributed by atoms with Crippen LogP contribution in [0.15, 0.2) is 132 Å². The number of hydrogen-bond acceptors (Lipinski definition) is 2. The lowest BCUT2D eigenvalue weighted by molar-refractivity contribution is 0.666. The van der Waals surface area contributed by atoms with Crippen LogP contribution in [0.2, 0.25) is 0 Å². The standard InChI is InChI=1S/C40H27NO/c1-40(2)34-23-25(19-20-32(34)36-29-13-3-4-14-30(29)38-33(37(36)40)17-9-21-41-38)24-10-7-11-26(22-24)27-15-8-16-31-28-12-5-6-18-35(28)42-39(27)31/h3-23H,1-2H3. The Hall–Kier alpha value is -5.21. The van der Waals surface area contributed by atoms with E-state index in [4.69, 9.17) is 9.40 Å². The van der Waals surface area contributed by atoms with Gasteiger partial charge in [0, 0.05) is 38.7 Å². The van der Waals surface area contributed by atoms with Gasteiger partial charge in [0.1, 0.15) is 11.2 Å². The maximum absolute atomic E-state index is 6.37. The summed E-state index contributed by atoms with van der Waals surface area (Å²) in [6.07, 6.45) is 1.91. The molecule has 2 aromatic heterocycles. The second kappa shape index (κ2) is 8.41. The van der Waals surface area contributed by atoms with E-state index < -0.39 is 0 Å². The number of hydrogen-bond donors (Lipinski definition) is 0. The molecule has 0 amide bonds. The van der Waals surface area contributed by atoms with Gasteiger partial charge in [0.05, 0.1) is 5.52 Å². The number of nitrogens with zero attached hydrogens (tertiary/aromatic N) is 1. The number of benzene rings is 6. The lowest BCUT2D eigenvalue weighted by atomic mass is 9.79. The largest absolute Gasteiger partial charge is 0.455 e. The Morgan fingerprint density at radius 2 is 1.26 bits per heavy atom. The summed E-state index contributed by atoms with van der Waals surface area (Å²) in [6.45, 7) is 4.72. The molecule has 2 nitrogen and oxygen atoms in total. The molecule has 0 fully saturated rings. The van der Waals surface area contributed by atoms with Crippen molar-refractivity contribution in [1.82, 2.24) is 4.98 Å². The van der Waals surface area contributed by atoms with Gasteiger partial charge in [0.2, 0.25) is 0 Å². The molecule has 0 radical (unpaired) electrons. The third kappa shape index (κ3) is 3.12. The van der Waals surface area contributed by atoms with Crippen LogP contribution in [0.4, 0.5) is 0 Å². The first-order valence-corrected chi connectivity index (χ1v) is 14.6. The number of aromatic nitrogens is 1. The average Bonchev–Trinajstić information content (AvgIpc) is 3.53. The van der Waals surface area contributed by atoms with Crippen LogP contribution in [-0.4, -0.2) is 4.98 Å². The molecular weight excluding hydrogens is 510 g/mol. The lowest BCUT2D eigenvalue weighted by Crippen LogP contribution is -2.16. The molecule has 1 aliphatic carbocycles. The highest BCUT2D eigenvalue weighted by molar-refractivity contribution is 6.17. The van der Waals surface area contributed by atoms with Gasteiger partial charge in [-0.2, -0.15) is 0 Å². The normalized spacial score (nSPS) is 13.7. The Morgan fingerprint density at radius 3 is 2.17 bits per heavy atom. The van der Waals surface area contributed by atoms with Crippen molar-refractivity contribution < 1.29 is 4.42 Å². The maximum atomic E-state index is 6.37. The predicted octanol–water partition coefficient (Wildman–Crippen LogP) is 10.9. The minimum Gasteiger partial charge on any atom is -0.455 e. The molecule has 0 spiro atoms. The highest BCUT2D eigenvalue weighted by atomic mass is 16.3. The molecular formula is C40H27NO. The minimum atomic E-state index is -0.163. The Labute approximate surface area is 243 Å². The topological polar surface area (TPSA) is 26.0 Å². The average molecular weight is 538 g/mol. The van der Waals surface area contributed by atoms with Crippen LogP contribution in [0.5, 0.6) is 0 Å². The van der Waals surface area contributed by atoms with Crippen molar-refractivity contribution in [2.45, 2.75) is 19.3 Å². The minimum absolute atomic E-state index is 0.163. The number of para-hydroxylation sites is 2. The van der Waals surface area contributed by atoms with Gasteiger partial charge in [-0.15, -0.1) is 0 Å². The van der Waals surface area contributed by atoms with Crippen LogP contribution in [0, 0.1) is 0 Å². The summed E-state index contributed by atoms with van der Waals surface area (Å²) in [5.41, 5.74) is 12.9. The Bertz CT molecular complexity index is 2390. The summed E-state index contributed by atoms with van der Waals surface area (Å²) in [6, 6.07) is 43.6. The first kappa shape index (κ1) is 23.5. The quantitative estimate of drug-likeness (QED) is 0.205. The molecule has 0 saturated carbocycles. The van der Waals surface area contributed by atoms with Gasteiger partial charge in [-0.3, -0.25) is 4.98 Å². The second-order valence-corrected chi connectivity index (χ2v) is 11.9. The van der Waals surface area contributed by atoms with Crippen molar-refractivity contribution in [3.63, 3.8) is 0 Å². The Balaban J connectivity index is 1.23. The van der Waals surface area contributed by atoms with Gasteiger partial charge in [-0.1, -0.05) is 111 Å². The van der Waals surface area contributed by atoms with Gasteiger partial charge in [0.15, 0.2) is 0 Å². The first-order chi connectivity index (χ1) is 20.6. The molecule has 0 bridgehead atoms. The van der Waals surface area contributed by atoms with E-state index in [-0.39, 0.29) is 5.41 Å². The monoisotopic (exact) mass is 537 g/mol. The first-order valence-electron chi connectivity index (χ1n) is 14.6. The van der Waals surface area contributed by atoms with E-state index in [0.29, 0.717) is 0 Å². The summed E-state index contributed by atoms with van der Waals surface area (Å²) < 4.78 is 6.37. The molecule has 0 atom stereocenters. The summed E-state index contributed by atoms with van der Waals surface area (Å²) in [4.78, 5) is 4.85. The molecule has 6 aromatic carbocycles. The summed E-state index contributed by atoms with van der Waals surface area (Å²) in [7, 11) is 0. The molecule has 1 aliphatic rings. The smallest absolute Gasteiger partial charge is 0.143 e. The molecule has 2 heteroatoms. The molecule has 0 N–H and O–H groups in total. The third-order valence-electron chi connectivity index (χ3n) is 9.28. The second-order valence-electron chi connectivity index (χ2n) is 11.9. The van der Waals surface area contributed by atoms with Crippen molar-refractivity contribution in [3.05, 3.63) is 139 Å². The van der Waals surface area contributed by atoms with E-state index in [9.17, 15) is 0 Å². The predicted molar refractivity (Wildman–Crippen MR) is 175 cm³/mol. The molecule has 8 aromatic rings. The fourth-order valence-corrected chi connectivity index (χ4v) is 7.36. The Morgan fingerprint density at radius 1 is 0.548 bits per heavy atom. The van der Waals surface area contributed by atoms with E-state index in [2.05, 4.69) is 123 Å². The van der Waals surface area contributed by atoms with E-state index in [0.717, 1.165) is 38.6 Å². The summed E-state index contributed by atoms with van der Waals surface area (Å²) in [5.74, 6) is 0. The number of pyridine rings is 1. The summed E-state index contributed by atoms with van der Waals surface area (Å²) in [5, 5.41) is 6.04. The molecule has 42 heavy (non-hydrogen) atoms. The SMILES string of the molecule is CC1(C)c2cc(-c3cccc(-c4cccc5c4oc4ccccc45)c3)ccc2-c2c1c1cccnc1c1ccccc21. The van der Waals surface area contributed by atoms with Gasteiger partial charge in [-0.05, 0) is 68.6 Å². The van der Waals surface area contributed by atoms with Crippen LogP contribution >= 0.6 is 0 Å². The van der Waals surface area contributed by atoms with Crippen molar-refractivity contribution in [3.8, 4) is 33.4 Å². The van der Waals surface area contributed by atoms with Crippen LogP contribution in [0.25, 0.3) is 77.0 Å². The maximum Gasteiger partial charge on any atom is 0.143 e. The van der Waals surface area contributed by atoms with E-state index in [1.807, 2.05) is 18.3 Å². The third-order valence-corrected chi connectivity index (χ3v) is 9.28. The van der Waals surface area contributed by atoms with E-state index in [1.54, 1.807) is 0 Å². The zero-order chi connectivity index (χ0) is 28.0. The summed E-state index contributed by atoms with van der Waals surface area (Å²) >= 11 is 0. The van der Waals surface area contributed by atoms with E-state index in [1.165, 1.54) is 49.5 Å². The zero-order valence-electron chi connectivity index (χ0n) is 23.5. The van der Waals surface area contributed by atoms with Gasteiger partial charge in [-0.25, -0.2) is 0 Å². The fourth-order valence-electron chi connectivity index (χ4n) is 7.36. The van der Waals surface area contributed by atoms with Crippen molar-refractivity contribution in [2.75, 3.05) is 0 Å². The van der Waals surface area contributed by atoms with E-state index >= 15 is 0 Å². The zero-order valence-corrected chi connectivity index (χ0v) is 23.5. The van der Waals surface area contributed by atoms with Crippen molar-refractivity contribution in [1.29, 1.82) is 0 Å². The highest BCUT2D eigenvalue weighted by Gasteiger charge is 2.38. The molecule has 0 saturated heterocycles. The molecule has 2 heterocycles. The lowest BCUT2D eigenvalue weighted by Gasteiger charge is -2.24. The number of rotatable bonds is 2. The van der Waals surface area contributed by atoms with Crippen LogP contribution < -0.4 is 0 Å². The van der Waals surface area contributed by atoms with Gasteiger partial charge in [0.25, 0.3) is 0 Å². The van der Waals surface area contributed by atoms with Crippen LogP contribution in [0.3, 0.4) is 0 Å². The number of furan rings is 1. The highest BCUT2D eigenvalue weighted by Crippen LogP contribution is 2.55. The molecule has 0 unspecified atom stereocenters. The van der Waals surface area contributed by atoms with Crippen LogP contribution in [0.1, 0.15) is 25.0 Å².